The standard InChI is InChI=1S/C84H92N8O35/c1-28-45(97)18-35-20-46(28)122-47-19-33(9-16-44(47)96)55(86)75(109)91-60-64(100)31-5-11-38(12-6-31)120-49-21-36-22-50(74(49)127-84-72(108)69(105)66(102)52(125-84)27-117-82-70(106)67(103)63(99)30(3)119-82)121-39-13-7-32(8-14-39)73(126-53-25-42(85)62(98)29(2)118-53)61-80(114)90-59(81(115)116-4)41-23-37(94)24-48(123-83-71(107)68(104)65(101)51(26-93)124-83)54(41)40-17-34(10-15-43(40)95)56(76(110)92-61)87-78(112)58(36)88-77(111)57(35)89-79(60)113/h5-24,29-30,42,51-53,55-73,82-84,93-108H,25-27,85-86H2,1-4H3,(H,87,112)(H,88,111)(H,89,113)(H,90,114)(H,91,109)(H,92,110). The minimum absolute atomic E-state index is 0.0198. The Labute approximate surface area is 718 Å². The van der Waals surface area contributed by atoms with E-state index in [0.29, 0.717) is 0 Å². The van der Waals surface area contributed by atoms with Gasteiger partial charge in [-0.3, -0.25) is 28.8 Å². The molecule has 6 amide bonds. The second-order valence-electron chi connectivity index (χ2n) is 31.7. The van der Waals surface area contributed by atoms with Gasteiger partial charge >= 0.3 is 5.97 Å². The lowest BCUT2D eigenvalue weighted by Gasteiger charge is -2.42. The maximum atomic E-state index is 16.9. The van der Waals surface area contributed by atoms with Crippen molar-refractivity contribution < 1.29 is 172 Å². The van der Waals surface area contributed by atoms with Crippen molar-refractivity contribution in [2.24, 2.45) is 11.5 Å². The van der Waals surface area contributed by atoms with E-state index in [1.54, 1.807) is 0 Å². The number of nitrogens with two attached hydrogens (primary N) is 2. The highest BCUT2D eigenvalue weighted by atomic mass is 16.7. The summed E-state index contributed by atoms with van der Waals surface area (Å²) in [5, 5.41) is 198. The summed E-state index contributed by atoms with van der Waals surface area (Å²) in [6, 6.07) is 5.99. The molecule has 10 heterocycles. The summed E-state index contributed by atoms with van der Waals surface area (Å²) in [7, 11) is 0.901. The van der Waals surface area contributed by atoms with Gasteiger partial charge in [-0.2, -0.15) is 0 Å². The Bertz CT molecular complexity index is 5330. The number of aliphatic hydroxyl groups is 12. The number of ether oxygens (including phenoxy) is 12. The van der Waals surface area contributed by atoms with Gasteiger partial charge in [-0.05, 0) is 133 Å². The maximum absolute atomic E-state index is 16.9. The van der Waals surface area contributed by atoms with Crippen LogP contribution < -0.4 is 67.1 Å². The van der Waals surface area contributed by atoms with Gasteiger partial charge < -0.3 is 182 Å². The number of rotatable bonds is 11. The minimum Gasteiger partial charge on any atom is -0.508 e. The van der Waals surface area contributed by atoms with Gasteiger partial charge in [-0.15, -0.1) is 0 Å². The molecule has 17 rings (SSSR count). The van der Waals surface area contributed by atoms with Crippen LogP contribution in [0, 0.1) is 6.92 Å². The van der Waals surface area contributed by atoms with Crippen LogP contribution in [0.2, 0.25) is 0 Å². The molecular formula is C84H92N8O35. The number of nitrogens with one attached hydrogen (secondary N) is 6. The minimum atomic E-state index is -2.46. The molecule has 0 spiro atoms. The third kappa shape index (κ3) is 17.9. The summed E-state index contributed by atoms with van der Waals surface area (Å²) in [6.07, 6.45) is -37.1. The summed E-state index contributed by atoms with van der Waals surface area (Å²) >= 11 is 0. The van der Waals surface area contributed by atoms with E-state index >= 15 is 24.0 Å². The fraction of sp³-hybridized carbons (Fsp3) is 0.417. The molecule has 4 fully saturated rings. The first kappa shape index (κ1) is 90.0. The van der Waals surface area contributed by atoms with E-state index in [9.17, 15) is 91.3 Å². The number of aromatic hydroxyl groups is 4. The van der Waals surface area contributed by atoms with Crippen LogP contribution in [-0.4, -0.2) is 272 Å². The summed E-state index contributed by atoms with van der Waals surface area (Å²) in [5.74, 6) is -16.2. The van der Waals surface area contributed by atoms with Crippen molar-refractivity contribution in [3.63, 3.8) is 0 Å². The molecule has 0 aliphatic carbocycles. The Morgan fingerprint density at radius 3 is 1.62 bits per heavy atom. The van der Waals surface area contributed by atoms with Crippen LogP contribution >= 0.6 is 0 Å². The first-order chi connectivity index (χ1) is 60.4. The molecule has 0 aromatic heterocycles. The molecule has 7 aromatic carbocycles. The molecule has 678 valence electrons. The lowest BCUT2D eigenvalue weighted by atomic mass is 9.89. The highest BCUT2D eigenvalue weighted by molar-refractivity contribution is 6.00. The van der Waals surface area contributed by atoms with Crippen LogP contribution in [0.4, 0.5) is 0 Å². The Morgan fingerprint density at radius 1 is 0.465 bits per heavy atom. The number of fused-ring (bicyclic) bond motifs is 14. The first-order valence-corrected chi connectivity index (χ1v) is 40.0. The molecular weight excluding hydrogens is 1680 g/mol. The maximum Gasteiger partial charge on any atom is 0.333 e. The van der Waals surface area contributed by atoms with Crippen LogP contribution in [0.15, 0.2) is 121 Å². The van der Waals surface area contributed by atoms with Crippen LogP contribution in [-0.2, 0) is 66.7 Å². The third-order valence-corrected chi connectivity index (χ3v) is 23.3. The van der Waals surface area contributed by atoms with Gasteiger partial charge in [0.25, 0.3) is 0 Å². The Morgan fingerprint density at radius 2 is 0.984 bits per heavy atom. The number of hydrogen-bond donors (Lipinski definition) is 24. The smallest absolute Gasteiger partial charge is 0.333 e. The molecule has 7 aromatic rings. The van der Waals surface area contributed by atoms with E-state index in [1.165, 1.54) is 81.4 Å². The van der Waals surface area contributed by atoms with Crippen LogP contribution in [0.5, 0.6) is 69.0 Å². The number of carbonyl (C=O) groups is 7. The predicted octanol–water partition coefficient (Wildman–Crippen LogP) is -2.79. The molecule has 43 nitrogen and oxygen atoms in total. The fourth-order valence-corrected chi connectivity index (χ4v) is 16.0. The summed E-state index contributed by atoms with van der Waals surface area (Å²) in [5.41, 5.74) is 9.79. The number of esters is 1. The van der Waals surface area contributed by atoms with E-state index in [-0.39, 0.29) is 51.7 Å². The molecule has 28 atom stereocenters. The van der Waals surface area contributed by atoms with Crippen molar-refractivity contribution in [2.75, 3.05) is 20.3 Å². The van der Waals surface area contributed by atoms with E-state index in [2.05, 4.69) is 31.9 Å². The highest BCUT2D eigenvalue weighted by Gasteiger charge is 2.52. The van der Waals surface area contributed by atoms with Crippen molar-refractivity contribution in [1.82, 2.24) is 31.9 Å². The third-order valence-electron chi connectivity index (χ3n) is 23.3. The van der Waals surface area contributed by atoms with Gasteiger partial charge in [-0.25, -0.2) is 4.79 Å². The number of carbonyl (C=O) groups excluding carboxylic acids is 7. The van der Waals surface area contributed by atoms with Crippen molar-refractivity contribution in [1.29, 1.82) is 0 Å². The molecule has 4 saturated heterocycles. The Kier molecular flexibility index (Phi) is 25.9. The zero-order valence-corrected chi connectivity index (χ0v) is 67.4. The molecule has 0 radical (unpaired) electrons. The average molecular weight is 1770 g/mol. The number of methoxy groups -OCH3 is 1. The first-order valence-electron chi connectivity index (χ1n) is 40.0. The number of benzene rings is 7. The quantitative estimate of drug-likeness (QED) is 0.0582. The van der Waals surface area contributed by atoms with E-state index in [4.69, 9.17) is 68.3 Å². The van der Waals surface area contributed by atoms with Crippen molar-refractivity contribution in [2.45, 2.75) is 198 Å². The Balaban J connectivity index is 0.966. The summed E-state index contributed by atoms with van der Waals surface area (Å²) in [4.78, 5) is 111. The lowest BCUT2D eigenvalue weighted by Crippen LogP contribution is -2.61. The SMILES string of the molecule is COC(=O)C1NC(=O)C2NC(=O)C(NC(=O)C3NC(=O)C4NC(=O)C(NC(=O)C(N)c5ccc(O)c(c5)Oc5cc4cc(O)c5C)C(O)c4ccc(cc4)Oc4cc3cc(c4OC3OC(COC4OC(C)C(O)C(O)C4O)C(O)C(O)C3O)Oc3ccc(cc3)C2OC2CC(N)C(O)C(C)O2)c2ccc(O)c(c2)-c2c(OC3OC(CO)C(O)C(O)C3O)cc(O)cc21. The lowest BCUT2D eigenvalue weighted by molar-refractivity contribution is -0.318. The van der Waals surface area contributed by atoms with Gasteiger partial charge in [0.1, 0.15) is 156 Å². The molecule has 17 bridgehead atoms. The zero-order chi connectivity index (χ0) is 90.9. The number of phenolic OH excluding ortho intramolecular Hbond substituents is 4. The fourth-order valence-electron chi connectivity index (χ4n) is 16.0. The molecule has 43 heteroatoms. The molecule has 28 unspecified atom stereocenters. The topological polar surface area (TPSA) is 678 Å². The normalized spacial score (nSPS) is 33.3. The second kappa shape index (κ2) is 36.5. The number of phenols is 4. The largest absolute Gasteiger partial charge is 0.508 e. The molecule has 127 heavy (non-hydrogen) atoms. The number of hydrogen-bond acceptors (Lipinski definition) is 37. The number of aliphatic hydroxyl groups excluding tert-OH is 12. The molecule has 26 N–H and O–H groups in total. The Hall–Kier alpha value is -11.8. The monoisotopic (exact) mass is 1770 g/mol. The van der Waals surface area contributed by atoms with E-state index in [0.717, 1.165) is 67.8 Å². The van der Waals surface area contributed by atoms with Gasteiger partial charge in [0, 0.05) is 40.8 Å². The van der Waals surface area contributed by atoms with Gasteiger partial charge in [-0.1, -0.05) is 36.4 Å². The van der Waals surface area contributed by atoms with E-state index in [1.807, 2.05) is 0 Å². The molecule has 10 aliphatic heterocycles. The van der Waals surface area contributed by atoms with Gasteiger partial charge in [0.05, 0.1) is 38.6 Å². The number of amides is 6. The van der Waals surface area contributed by atoms with Gasteiger partial charge in [0.15, 0.2) is 41.6 Å². The van der Waals surface area contributed by atoms with Gasteiger partial charge in [0.2, 0.25) is 53.8 Å². The van der Waals surface area contributed by atoms with Crippen molar-refractivity contribution >= 4 is 41.4 Å². The predicted molar refractivity (Wildman–Crippen MR) is 424 cm³/mol. The highest BCUT2D eigenvalue weighted by Crippen LogP contribution is 2.50. The molecule has 0 saturated carbocycles. The van der Waals surface area contributed by atoms with Crippen LogP contribution in [0.25, 0.3) is 11.1 Å². The average Bonchev–Trinajstić information content (AvgIpc) is 0.744. The second-order valence-corrected chi connectivity index (χ2v) is 31.7. The zero-order valence-electron chi connectivity index (χ0n) is 67.4. The van der Waals surface area contributed by atoms with Crippen molar-refractivity contribution in [3.8, 4) is 80.1 Å². The molecule has 10 aliphatic rings. The van der Waals surface area contributed by atoms with E-state index < -0.39 is 305 Å². The van der Waals surface area contributed by atoms with Crippen molar-refractivity contribution in [3.05, 3.63) is 166 Å². The van der Waals surface area contributed by atoms with Crippen LogP contribution in [0.3, 0.4) is 0 Å². The summed E-state index contributed by atoms with van der Waals surface area (Å²) in [6.45, 7) is 2.35. The summed E-state index contributed by atoms with van der Waals surface area (Å²) < 4.78 is 74.0. The van der Waals surface area contributed by atoms with Crippen LogP contribution in [0.1, 0.15) is 107 Å².